The molecule has 3 heterocycles. The van der Waals surface area contributed by atoms with Crippen LogP contribution in [-0.2, 0) is 9.53 Å². The van der Waals surface area contributed by atoms with Crippen LogP contribution in [0.2, 0.25) is 0 Å². The minimum Gasteiger partial charge on any atom is -0.379 e. The van der Waals surface area contributed by atoms with Gasteiger partial charge in [0.2, 0.25) is 5.91 Å². The molecule has 5 nitrogen and oxygen atoms in total. The summed E-state index contributed by atoms with van der Waals surface area (Å²) in [6.07, 6.45) is 8.03. The number of carbonyl (C=O) groups excluding carboxylic acids is 1. The van der Waals surface area contributed by atoms with Crippen LogP contribution in [0.3, 0.4) is 0 Å². The van der Waals surface area contributed by atoms with E-state index in [1.807, 2.05) is 0 Å². The standard InChI is InChI=1S/C20H37N3O2.2ClH/c1-3-16(4-2)19(23-7-9-25-10-8-23)14-21-20(24)13-15-11-17-5-6-18(12-15)22-17;;/h15-19,22H,3-14H2,1-2H3,(H,21,24);2*1H. The van der Waals surface area contributed by atoms with Crippen molar-refractivity contribution in [1.29, 1.82) is 0 Å². The Bertz CT molecular complexity index is 419. The highest BCUT2D eigenvalue weighted by atomic mass is 35.5. The van der Waals surface area contributed by atoms with E-state index in [2.05, 4.69) is 29.4 Å². The average molecular weight is 424 g/mol. The van der Waals surface area contributed by atoms with Crippen LogP contribution in [-0.4, -0.2) is 61.8 Å². The Morgan fingerprint density at radius 3 is 2.26 bits per heavy atom. The van der Waals surface area contributed by atoms with Crippen molar-refractivity contribution in [2.75, 3.05) is 32.8 Å². The first kappa shape index (κ1) is 25.0. The third kappa shape index (κ3) is 7.04. The molecule has 3 aliphatic heterocycles. The molecule has 27 heavy (non-hydrogen) atoms. The van der Waals surface area contributed by atoms with Gasteiger partial charge in [-0.1, -0.05) is 26.7 Å². The van der Waals surface area contributed by atoms with Crippen LogP contribution in [0.4, 0.5) is 0 Å². The van der Waals surface area contributed by atoms with E-state index in [4.69, 9.17) is 4.74 Å². The number of hydrogen-bond acceptors (Lipinski definition) is 4. The van der Waals surface area contributed by atoms with Crippen molar-refractivity contribution in [1.82, 2.24) is 15.5 Å². The van der Waals surface area contributed by atoms with Gasteiger partial charge in [-0.2, -0.15) is 0 Å². The third-order valence-corrected chi connectivity index (χ3v) is 6.66. The van der Waals surface area contributed by atoms with Crippen molar-refractivity contribution in [3.8, 4) is 0 Å². The lowest BCUT2D eigenvalue weighted by atomic mass is 9.89. The van der Waals surface area contributed by atoms with Crippen molar-refractivity contribution in [3.05, 3.63) is 0 Å². The summed E-state index contributed by atoms with van der Waals surface area (Å²) in [5, 5.41) is 6.95. The van der Waals surface area contributed by atoms with Crippen LogP contribution in [0, 0.1) is 11.8 Å². The van der Waals surface area contributed by atoms with Crippen LogP contribution in [0.1, 0.15) is 58.8 Å². The molecule has 3 aliphatic rings. The first-order valence-corrected chi connectivity index (χ1v) is 10.5. The van der Waals surface area contributed by atoms with Gasteiger partial charge < -0.3 is 15.4 Å². The maximum absolute atomic E-state index is 12.6. The first-order valence-electron chi connectivity index (χ1n) is 10.5. The monoisotopic (exact) mass is 423 g/mol. The number of hydrogen-bond donors (Lipinski definition) is 2. The molecule has 1 amide bonds. The van der Waals surface area contributed by atoms with E-state index in [1.165, 1.54) is 38.5 Å². The molecule has 160 valence electrons. The molecule has 3 atom stereocenters. The molecule has 2 bridgehead atoms. The lowest BCUT2D eigenvalue weighted by Gasteiger charge is -2.39. The Hall–Kier alpha value is -0.0700. The van der Waals surface area contributed by atoms with Gasteiger partial charge in [-0.25, -0.2) is 0 Å². The highest BCUT2D eigenvalue weighted by Gasteiger charge is 2.34. The Kier molecular flexibility index (Phi) is 11.5. The summed E-state index contributed by atoms with van der Waals surface area (Å²) in [4.78, 5) is 15.1. The number of nitrogens with zero attached hydrogens (tertiary/aromatic N) is 1. The van der Waals surface area contributed by atoms with Gasteiger partial charge in [0.05, 0.1) is 13.2 Å². The summed E-state index contributed by atoms with van der Waals surface area (Å²) in [5.41, 5.74) is 0. The Morgan fingerprint density at radius 2 is 1.70 bits per heavy atom. The number of piperidine rings is 1. The number of fused-ring (bicyclic) bond motifs is 2. The van der Waals surface area contributed by atoms with Crippen molar-refractivity contribution >= 4 is 30.7 Å². The Labute approximate surface area is 177 Å². The van der Waals surface area contributed by atoms with Crippen molar-refractivity contribution < 1.29 is 9.53 Å². The van der Waals surface area contributed by atoms with Crippen LogP contribution >= 0.6 is 24.8 Å². The number of ether oxygens (including phenoxy) is 1. The van der Waals surface area contributed by atoms with E-state index in [-0.39, 0.29) is 30.7 Å². The topological polar surface area (TPSA) is 53.6 Å². The van der Waals surface area contributed by atoms with Gasteiger partial charge in [0, 0.05) is 44.2 Å². The Balaban J connectivity index is 0.00000182. The molecule has 0 aromatic carbocycles. The molecular weight excluding hydrogens is 385 g/mol. The molecule has 0 spiro atoms. The molecule has 7 heteroatoms. The second-order valence-electron chi connectivity index (χ2n) is 8.28. The number of nitrogens with one attached hydrogen (secondary N) is 2. The van der Waals surface area contributed by atoms with E-state index in [9.17, 15) is 4.79 Å². The third-order valence-electron chi connectivity index (χ3n) is 6.66. The molecule has 0 aromatic rings. The molecule has 0 saturated carbocycles. The number of carbonyl (C=O) groups is 1. The van der Waals surface area contributed by atoms with E-state index < -0.39 is 0 Å². The van der Waals surface area contributed by atoms with E-state index >= 15 is 0 Å². The molecule has 3 fully saturated rings. The molecular formula is C20H39Cl2N3O2. The van der Waals surface area contributed by atoms with Gasteiger partial charge in [0.1, 0.15) is 0 Å². The van der Waals surface area contributed by atoms with E-state index in [0.29, 0.717) is 36.4 Å². The molecule has 0 aliphatic carbocycles. The molecule has 3 rings (SSSR count). The minimum absolute atomic E-state index is 0. The predicted molar refractivity (Wildman–Crippen MR) is 115 cm³/mol. The zero-order valence-electron chi connectivity index (χ0n) is 17.0. The van der Waals surface area contributed by atoms with E-state index in [0.717, 1.165) is 32.8 Å². The van der Waals surface area contributed by atoms with Crippen LogP contribution in [0.15, 0.2) is 0 Å². The van der Waals surface area contributed by atoms with Crippen molar-refractivity contribution in [2.24, 2.45) is 11.8 Å². The maximum Gasteiger partial charge on any atom is 0.220 e. The summed E-state index contributed by atoms with van der Waals surface area (Å²) in [5.74, 6) is 1.48. The predicted octanol–water partition coefficient (Wildman–Crippen LogP) is 3.00. The summed E-state index contributed by atoms with van der Waals surface area (Å²) < 4.78 is 5.51. The quantitative estimate of drug-likeness (QED) is 0.629. The average Bonchev–Trinajstić information content (AvgIpc) is 2.97. The fourth-order valence-corrected chi connectivity index (χ4v) is 5.23. The summed E-state index contributed by atoms with van der Waals surface area (Å²) in [7, 11) is 0. The molecule has 0 aromatic heterocycles. The van der Waals surface area contributed by atoms with Gasteiger partial charge in [0.15, 0.2) is 0 Å². The second-order valence-corrected chi connectivity index (χ2v) is 8.28. The second kappa shape index (κ2) is 12.5. The van der Waals surface area contributed by atoms with Gasteiger partial charge >= 0.3 is 0 Å². The van der Waals surface area contributed by atoms with E-state index in [1.54, 1.807) is 0 Å². The number of morpholine rings is 1. The first-order chi connectivity index (χ1) is 12.2. The Morgan fingerprint density at radius 1 is 1.11 bits per heavy atom. The molecule has 0 radical (unpaired) electrons. The lowest BCUT2D eigenvalue weighted by molar-refractivity contribution is -0.122. The van der Waals surface area contributed by atoms with Crippen LogP contribution < -0.4 is 10.6 Å². The molecule has 2 N–H and O–H groups in total. The van der Waals surface area contributed by atoms with Crippen molar-refractivity contribution in [3.63, 3.8) is 0 Å². The summed E-state index contributed by atoms with van der Waals surface area (Å²) in [6, 6.07) is 1.79. The summed E-state index contributed by atoms with van der Waals surface area (Å²) in [6.45, 7) is 8.97. The fourth-order valence-electron chi connectivity index (χ4n) is 5.23. The lowest BCUT2D eigenvalue weighted by Crippen LogP contribution is -2.52. The zero-order valence-corrected chi connectivity index (χ0v) is 18.6. The van der Waals surface area contributed by atoms with Crippen molar-refractivity contribution in [2.45, 2.75) is 76.9 Å². The van der Waals surface area contributed by atoms with Gasteiger partial charge in [-0.15, -0.1) is 24.8 Å². The fraction of sp³-hybridized carbons (Fsp3) is 0.950. The highest BCUT2D eigenvalue weighted by Crippen LogP contribution is 2.32. The molecule has 3 saturated heterocycles. The number of rotatable bonds is 8. The van der Waals surface area contributed by atoms with Crippen LogP contribution in [0.5, 0.6) is 0 Å². The van der Waals surface area contributed by atoms with Gasteiger partial charge in [-0.05, 0) is 37.5 Å². The normalized spacial score (nSPS) is 28.9. The van der Waals surface area contributed by atoms with Gasteiger partial charge in [0.25, 0.3) is 0 Å². The highest BCUT2D eigenvalue weighted by molar-refractivity contribution is 5.85. The number of halogens is 2. The molecule has 3 unspecified atom stereocenters. The van der Waals surface area contributed by atoms with Gasteiger partial charge in [-0.3, -0.25) is 9.69 Å². The number of amides is 1. The smallest absolute Gasteiger partial charge is 0.220 e. The summed E-state index contributed by atoms with van der Waals surface area (Å²) >= 11 is 0. The maximum atomic E-state index is 12.6. The SMILES string of the molecule is CCC(CC)C(CNC(=O)CC1CC2CCC(C1)N2)N1CCOCC1.Cl.Cl. The zero-order chi connectivity index (χ0) is 17.6. The minimum atomic E-state index is 0. The van der Waals surface area contributed by atoms with Crippen LogP contribution in [0.25, 0.3) is 0 Å². The largest absolute Gasteiger partial charge is 0.379 e.